The van der Waals surface area contributed by atoms with Crippen LogP contribution in [0.5, 0.6) is 0 Å². The van der Waals surface area contributed by atoms with Gasteiger partial charge in [-0.3, -0.25) is 9.59 Å². The standard InChI is InChI=1S/C22H27N3O5S/c1-6-30-22(29)17-12(2)15(13(3)23-17)19(26)16-18(14-8-7-11-31-14)25(10-9-24(4)5)21(28)20(16)27/h7-8,11,18,23,26H,6,9-10H2,1-5H3/t18-/m1/s1. The molecule has 1 aliphatic heterocycles. The number of thiophene rings is 1. The summed E-state index contributed by atoms with van der Waals surface area (Å²) >= 11 is 1.42. The van der Waals surface area contributed by atoms with Gasteiger partial charge in [-0.1, -0.05) is 6.07 Å². The average molecular weight is 446 g/mol. The number of nitrogens with one attached hydrogen (secondary N) is 1. The van der Waals surface area contributed by atoms with Crippen LogP contribution in [0.2, 0.25) is 0 Å². The Balaban J connectivity index is 2.15. The number of Topliss-reactive ketones (excluding diaryl/α,β-unsaturated/α-hetero) is 1. The van der Waals surface area contributed by atoms with Crippen molar-refractivity contribution >= 4 is 34.8 Å². The molecule has 3 rings (SSSR count). The van der Waals surface area contributed by atoms with Gasteiger partial charge in [0.25, 0.3) is 11.7 Å². The minimum atomic E-state index is -0.729. The van der Waals surface area contributed by atoms with Crippen molar-refractivity contribution in [1.29, 1.82) is 0 Å². The number of aryl methyl sites for hydroxylation is 1. The van der Waals surface area contributed by atoms with Gasteiger partial charge >= 0.3 is 5.97 Å². The molecule has 9 heteroatoms. The normalized spacial score (nSPS) is 18.3. The SMILES string of the molecule is CCOC(=O)c1[nH]c(C)c(C(O)=C2C(=O)C(=O)N(CCN(C)C)[C@@H]2c2cccs2)c1C. The van der Waals surface area contributed by atoms with Gasteiger partial charge in [0.15, 0.2) is 0 Å². The van der Waals surface area contributed by atoms with Crippen LogP contribution in [0.15, 0.2) is 23.1 Å². The van der Waals surface area contributed by atoms with Crippen LogP contribution < -0.4 is 0 Å². The van der Waals surface area contributed by atoms with Crippen LogP contribution in [0.4, 0.5) is 0 Å². The zero-order valence-corrected chi connectivity index (χ0v) is 19.1. The number of amides is 1. The van der Waals surface area contributed by atoms with Crippen molar-refractivity contribution in [3.63, 3.8) is 0 Å². The van der Waals surface area contributed by atoms with E-state index in [2.05, 4.69) is 4.98 Å². The number of H-pyrrole nitrogens is 1. The number of ketones is 1. The van der Waals surface area contributed by atoms with Gasteiger partial charge in [-0.05, 0) is 51.9 Å². The maximum absolute atomic E-state index is 13.0. The number of rotatable bonds is 7. The Kier molecular flexibility index (Phi) is 6.66. The van der Waals surface area contributed by atoms with E-state index in [4.69, 9.17) is 4.74 Å². The van der Waals surface area contributed by atoms with E-state index in [9.17, 15) is 19.5 Å². The van der Waals surface area contributed by atoms with E-state index < -0.39 is 23.7 Å². The molecular weight excluding hydrogens is 418 g/mol. The topological polar surface area (TPSA) is 103 Å². The number of aromatic amines is 1. The number of hydrogen-bond donors (Lipinski definition) is 2. The fourth-order valence-corrected chi connectivity index (χ4v) is 4.65. The minimum absolute atomic E-state index is 0.0341. The third-order valence-corrected chi connectivity index (χ3v) is 6.22. The summed E-state index contributed by atoms with van der Waals surface area (Å²) in [6.45, 7) is 6.22. The molecule has 0 aromatic carbocycles. The number of aromatic nitrogens is 1. The van der Waals surface area contributed by atoms with Gasteiger partial charge in [-0.25, -0.2) is 4.79 Å². The lowest BCUT2D eigenvalue weighted by molar-refractivity contribution is -0.140. The Morgan fingerprint density at radius 1 is 1.32 bits per heavy atom. The molecule has 0 bridgehead atoms. The summed E-state index contributed by atoms with van der Waals surface area (Å²) in [5.41, 5.74) is 1.58. The zero-order valence-electron chi connectivity index (χ0n) is 18.3. The molecule has 2 aromatic rings. The zero-order chi connectivity index (χ0) is 22.9. The molecule has 8 nitrogen and oxygen atoms in total. The first kappa shape index (κ1) is 22.8. The number of esters is 1. The van der Waals surface area contributed by atoms with Crippen LogP contribution in [0.1, 0.15) is 45.2 Å². The van der Waals surface area contributed by atoms with Gasteiger partial charge in [0.2, 0.25) is 0 Å². The first-order valence-electron chi connectivity index (χ1n) is 10.0. The first-order chi connectivity index (χ1) is 14.7. The predicted molar refractivity (Wildman–Crippen MR) is 118 cm³/mol. The van der Waals surface area contributed by atoms with Crippen LogP contribution in [0.3, 0.4) is 0 Å². The number of aliphatic hydroxyl groups excluding tert-OH is 1. The molecule has 166 valence electrons. The van der Waals surface area contributed by atoms with Gasteiger partial charge < -0.3 is 24.6 Å². The second-order valence-electron chi connectivity index (χ2n) is 7.66. The van der Waals surface area contributed by atoms with Gasteiger partial charge in [0, 0.05) is 29.2 Å². The second-order valence-corrected chi connectivity index (χ2v) is 8.64. The Hall–Kier alpha value is -2.91. The highest BCUT2D eigenvalue weighted by atomic mass is 32.1. The minimum Gasteiger partial charge on any atom is -0.507 e. The number of hydrogen-bond acceptors (Lipinski definition) is 7. The Bertz CT molecular complexity index is 1040. The quantitative estimate of drug-likeness (QED) is 0.294. The molecule has 0 aliphatic carbocycles. The number of likely N-dealkylation sites (tertiary alicyclic amines) is 1. The summed E-state index contributed by atoms with van der Waals surface area (Å²) in [4.78, 5) is 45.3. The van der Waals surface area contributed by atoms with E-state index >= 15 is 0 Å². The molecule has 3 heterocycles. The van der Waals surface area contributed by atoms with Crippen molar-refractivity contribution in [3.05, 3.63) is 50.5 Å². The maximum atomic E-state index is 13.0. The predicted octanol–water partition coefficient (Wildman–Crippen LogP) is 2.85. The molecule has 0 saturated carbocycles. The van der Waals surface area contributed by atoms with Gasteiger partial charge in [-0.15, -0.1) is 11.3 Å². The van der Waals surface area contributed by atoms with Crippen molar-refractivity contribution < 1.29 is 24.2 Å². The van der Waals surface area contributed by atoms with Crippen LogP contribution in [-0.2, 0) is 14.3 Å². The van der Waals surface area contributed by atoms with Crippen molar-refractivity contribution in [1.82, 2.24) is 14.8 Å². The van der Waals surface area contributed by atoms with E-state index in [0.717, 1.165) is 4.88 Å². The molecule has 0 radical (unpaired) electrons. The van der Waals surface area contributed by atoms with E-state index in [0.29, 0.717) is 29.9 Å². The smallest absolute Gasteiger partial charge is 0.355 e. The summed E-state index contributed by atoms with van der Waals surface area (Å²) in [7, 11) is 3.78. The fraction of sp³-hybridized carbons (Fsp3) is 0.409. The Morgan fingerprint density at radius 3 is 2.61 bits per heavy atom. The molecule has 1 fully saturated rings. The van der Waals surface area contributed by atoms with E-state index in [1.165, 1.54) is 16.2 Å². The van der Waals surface area contributed by atoms with Crippen molar-refractivity contribution in [3.8, 4) is 0 Å². The summed E-state index contributed by atoms with van der Waals surface area (Å²) in [5, 5.41) is 13.1. The molecule has 1 amide bonds. The Labute approximate surface area is 185 Å². The van der Waals surface area contributed by atoms with Crippen LogP contribution in [0.25, 0.3) is 5.76 Å². The van der Waals surface area contributed by atoms with Gasteiger partial charge in [0.05, 0.1) is 18.2 Å². The van der Waals surface area contributed by atoms with Crippen molar-refractivity contribution in [2.45, 2.75) is 26.8 Å². The van der Waals surface area contributed by atoms with Crippen molar-refractivity contribution in [2.24, 2.45) is 0 Å². The monoisotopic (exact) mass is 445 g/mol. The first-order valence-corrected chi connectivity index (χ1v) is 10.9. The van der Waals surface area contributed by atoms with Gasteiger partial charge in [0.1, 0.15) is 11.5 Å². The third-order valence-electron chi connectivity index (χ3n) is 5.29. The lowest BCUT2D eigenvalue weighted by atomic mass is 9.97. The summed E-state index contributed by atoms with van der Waals surface area (Å²) < 4.78 is 5.07. The largest absolute Gasteiger partial charge is 0.507 e. The molecule has 1 saturated heterocycles. The highest BCUT2D eigenvalue weighted by Gasteiger charge is 2.46. The summed E-state index contributed by atoms with van der Waals surface area (Å²) in [5.74, 6) is -2.19. The lowest BCUT2D eigenvalue weighted by Crippen LogP contribution is -2.35. The van der Waals surface area contributed by atoms with E-state index in [1.54, 1.807) is 20.8 Å². The molecule has 0 spiro atoms. The molecular formula is C22H27N3O5S. The number of nitrogens with zero attached hydrogens (tertiary/aromatic N) is 2. The Morgan fingerprint density at radius 2 is 2.03 bits per heavy atom. The lowest BCUT2D eigenvalue weighted by Gasteiger charge is -2.25. The average Bonchev–Trinajstić information content (AvgIpc) is 3.39. The van der Waals surface area contributed by atoms with Crippen LogP contribution in [-0.4, -0.2) is 71.3 Å². The summed E-state index contributed by atoms with van der Waals surface area (Å²) in [6.07, 6.45) is 0. The number of likely N-dealkylation sites (N-methyl/N-ethyl adjacent to an activating group) is 1. The second kappa shape index (κ2) is 9.07. The van der Waals surface area contributed by atoms with Crippen LogP contribution >= 0.6 is 11.3 Å². The highest BCUT2D eigenvalue weighted by molar-refractivity contribution is 7.10. The number of aliphatic hydroxyl groups is 1. The summed E-state index contributed by atoms with van der Waals surface area (Å²) in [6, 6.07) is 3.01. The molecule has 31 heavy (non-hydrogen) atoms. The molecule has 2 N–H and O–H groups in total. The van der Waals surface area contributed by atoms with Crippen LogP contribution in [0, 0.1) is 13.8 Å². The number of ether oxygens (including phenoxy) is 1. The van der Waals surface area contributed by atoms with E-state index in [1.807, 2.05) is 36.5 Å². The highest BCUT2D eigenvalue weighted by Crippen LogP contribution is 2.42. The molecule has 2 aromatic heterocycles. The molecule has 0 unspecified atom stereocenters. The molecule has 1 aliphatic rings. The fourth-order valence-electron chi connectivity index (χ4n) is 3.81. The van der Waals surface area contributed by atoms with Crippen molar-refractivity contribution in [2.75, 3.05) is 33.8 Å². The molecule has 1 atom stereocenters. The van der Waals surface area contributed by atoms with Gasteiger partial charge in [-0.2, -0.15) is 0 Å². The van der Waals surface area contributed by atoms with E-state index in [-0.39, 0.29) is 23.6 Å². The number of carbonyl (C=O) groups is 3. The number of carbonyl (C=O) groups excluding carboxylic acids is 3. The third kappa shape index (κ3) is 4.15. The maximum Gasteiger partial charge on any atom is 0.355 e.